The molecule has 0 amide bonds. The highest BCUT2D eigenvalue weighted by molar-refractivity contribution is 7.80. The van der Waals surface area contributed by atoms with E-state index in [1.807, 2.05) is 0 Å². The minimum absolute atomic E-state index is 0.132. The lowest BCUT2D eigenvalue weighted by Gasteiger charge is -2.02. The Morgan fingerprint density at radius 1 is 1.55 bits per heavy atom. The van der Waals surface area contributed by atoms with Crippen LogP contribution in [0.15, 0.2) is 17.0 Å². The number of rotatable bonds is 1. The smallest absolute Gasteiger partial charge is 0.166 e. The van der Waals surface area contributed by atoms with E-state index in [0.29, 0.717) is 9.92 Å². The Balaban J connectivity index is 3.21. The van der Waals surface area contributed by atoms with Gasteiger partial charge in [0.05, 0.1) is 12.1 Å². The first kappa shape index (κ1) is 8.68. The lowest BCUT2D eigenvalue weighted by atomic mass is 10.3. The van der Waals surface area contributed by atoms with Crippen LogP contribution in [0, 0.1) is 5.82 Å². The number of hydrogen-bond acceptors (Lipinski definition) is 2. The van der Waals surface area contributed by atoms with Crippen LogP contribution in [0.3, 0.4) is 0 Å². The highest BCUT2D eigenvalue weighted by atomic mass is 35.5. The lowest BCUT2D eigenvalue weighted by molar-refractivity contribution is 0.386. The van der Waals surface area contributed by atoms with E-state index >= 15 is 0 Å². The summed E-state index contributed by atoms with van der Waals surface area (Å²) in [6, 6.07) is 2.60. The number of methoxy groups -OCH3 is 1. The molecule has 0 bridgehead atoms. The third-order valence-electron chi connectivity index (χ3n) is 1.22. The SMILES string of the molecule is COc1cc(Cl)c(S)cc1F. The molecule has 1 nitrogen and oxygen atoms in total. The molecule has 0 heterocycles. The summed E-state index contributed by atoms with van der Waals surface area (Å²) in [7, 11) is 1.38. The van der Waals surface area contributed by atoms with Crippen LogP contribution in [0.4, 0.5) is 4.39 Å². The first-order valence-corrected chi connectivity index (χ1v) is 3.69. The zero-order chi connectivity index (χ0) is 8.43. The zero-order valence-electron chi connectivity index (χ0n) is 5.77. The van der Waals surface area contributed by atoms with Gasteiger partial charge in [-0.3, -0.25) is 0 Å². The van der Waals surface area contributed by atoms with Gasteiger partial charge >= 0.3 is 0 Å². The summed E-state index contributed by atoms with van der Waals surface area (Å²) in [5.41, 5.74) is 0. The van der Waals surface area contributed by atoms with Crippen LogP contribution in [-0.4, -0.2) is 7.11 Å². The molecule has 11 heavy (non-hydrogen) atoms. The van der Waals surface area contributed by atoms with Gasteiger partial charge in [-0.25, -0.2) is 4.39 Å². The molecule has 1 rings (SSSR count). The molecule has 0 aliphatic carbocycles. The first-order chi connectivity index (χ1) is 5.15. The van der Waals surface area contributed by atoms with Gasteiger partial charge in [0.1, 0.15) is 0 Å². The molecule has 0 aromatic heterocycles. The van der Waals surface area contributed by atoms with E-state index < -0.39 is 5.82 Å². The zero-order valence-corrected chi connectivity index (χ0v) is 7.42. The monoisotopic (exact) mass is 192 g/mol. The van der Waals surface area contributed by atoms with Crippen molar-refractivity contribution in [2.75, 3.05) is 7.11 Å². The van der Waals surface area contributed by atoms with Crippen LogP contribution < -0.4 is 4.74 Å². The van der Waals surface area contributed by atoms with E-state index in [1.165, 1.54) is 19.2 Å². The van der Waals surface area contributed by atoms with Crippen molar-refractivity contribution in [2.24, 2.45) is 0 Å². The summed E-state index contributed by atoms with van der Waals surface area (Å²) in [6.45, 7) is 0. The van der Waals surface area contributed by atoms with Gasteiger partial charge in [-0.05, 0) is 6.07 Å². The molecule has 0 radical (unpaired) electrons. The van der Waals surface area contributed by atoms with Gasteiger partial charge in [0.25, 0.3) is 0 Å². The van der Waals surface area contributed by atoms with Crippen molar-refractivity contribution >= 4 is 24.2 Å². The lowest BCUT2D eigenvalue weighted by Crippen LogP contribution is -1.87. The van der Waals surface area contributed by atoms with Crippen molar-refractivity contribution in [1.82, 2.24) is 0 Å². The van der Waals surface area contributed by atoms with E-state index in [2.05, 4.69) is 17.4 Å². The largest absolute Gasteiger partial charge is 0.494 e. The van der Waals surface area contributed by atoms with Gasteiger partial charge in [0, 0.05) is 11.0 Å². The quantitative estimate of drug-likeness (QED) is 0.674. The standard InChI is InChI=1S/C7H6ClFOS/c1-10-6-2-4(8)7(11)3-5(6)9/h2-3,11H,1H3. The van der Waals surface area contributed by atoms with Crippen LogP contribution in [0.5, 0.6) is 5.75 Å². The topological polar surface area (TPSA) is 9.23 Å². The van der Waals surface area contributed by atoms with Crippen molar-refractivity contribution in [3.05, 3.63) is 23.0 Å². The Bertz CT molecular complexity index is 277. The predicted molar refractivity (Wildman–Crippen MR) is 45.2 cm³/mol. The van der Waals surface area contributed by atoms with E-state index in [0.717, 1.165) is 0 Å². The van der Waals surface area contributed by atoms with Crippen molar-refractivity contribution < 1.29 is 9.13 Å². The maximum atomic E-state index is 12.8. The molecule has 0 unspecified atom stereocenters. The molecule has 0 aliphatic rings. The molecular formula is C7H6ClFOS. The summed E-state index contributed by atoms with van der Waals surface area (Å²) in [6.07, 6.45) is 0. The van der Waals surface area contributed by atoms with E-state index in [9.17, 15) is 4.39 Å². The Morgan fingerprint density at radius 3 is 2.73 bits per heavy atom. The number of halogens is 2. The van der Waals surface area contributed by atoms with Crippen molar-refractivity contribution in [2.45, 2.75) is 4.90 Å². The van der Waals surface area contributed by atoms with Crippen LogP contribution in [0.2, 0.25) is 5.02 Å². The van der Waals surface area contributed by atoms with Gasteiger partial charge in [0.2, 0.25) is 0 Å². The summed E-state index contributed by atoms with van der Waals surface area (Å²) in [5, 5.41) is 0.381. The fraction of sp³-hybridized carbons (Fsp3) is 0.143. The number of ether oxygens (including phenoxy) is 1. The maximum Gasteiger partial charge on any atom is 0.166 e. The maximum absolute atomic E-state index is 12.8. The van der Waals surface area contributed by atoms with Crippen LogP contribution in [0.25, 0.3) is 0 Å². The number of benzene rings is 1. The average Bonchev–Trinajstić information content (AvgIpc) is 1.97. The Morgan fingerprint density at radius 2 is 2.18 bits per heavy atom. The summed E-state index contributed by atoms with van der Waals surface area (Å²) >= 11 is 9.57. The van der Waals surface area contributed by atoms with Crippen molar-refractivity contribution in [1.29, 1.82) is 0 Å². The molecule has 1 aromatic rings. The molecule has 60 valence electrons. The summed E-state index contributed by atoms with van der Waals surface area (Å²) in [4.78, 5) is 0.407. The van der Waals surface area contributed by atoms with Gasteiger partial charge in [-0.2, -0.15) is 0 Å². The molecule has 0 atom stereocenters. The summed E-state index contributed by atoms with van der Waals surface area (Å²) in [5.74, 6) is -0.324. The van der Waals surface area contributed by atoms with E-state index in [-0.39, 0.29) is 5.75 Å². The van der Waals surface area contributed by atoms with Gasteiger partial charge < -0.3 is 4.74 Å². The van der Waals surface area contributed by atoms with E-state index in [4.69, 9.17) is 11.6 Å². The van der Waals surface area contributed by atoms with Crippen molar-refractivity contribution in [3.8, 4) is 5.75 Å². The Hall–Kier alpha value is -0.410. The van der Waals surface area contributed by atoms with Crippen LogP contribution in [-0.2, 0) is 0 Å². The van der Waals surface area contributed by atoms with E-state index in [1.54, 1.807) is 0 Å². The number of thiol groups is 1. The molecule has 0 saturated heterocycles. The Kier molecular flexibility index (Phi) is 2.62. The molecule has 1 aromatic carbocycles. The van der Waals surface area contributed by atoms with Crippen molar-refractivity contribution in [3.63, 3.8) is 0 Å². The third-order valence-corrected chi connectivity index (χ3v) is 2.04. The van der Waals surface area contributed by atoms with Gasteiger partial charge in [0.15, 0.2) is 11.6 Å². The molecule has 4 heteroatoms. The minimum Gasteiger partial charge on any atom is -0.494 e. The minimum atomic E-state index is -0.457. The fourth-order valence-corrected chi connectivity index (χ4v) is 1.01. The molecule has 0 saturated carbocycles. The highest BCUT2D eigenvalue weighted by Gasteiger charge is 2.05. The van der Waals surface area contributed by atoms with Crippen LogP contribution in [0.1, 0.15) is 0 Å². The normalized spacial score (nSPS) is 9.82. The molecular weight excluding hydrogens is 187 g/mol. The third kappa shape index (κ3) is 1.79. The molecule has 0 spiro atoms. The van der Waals surface area contributed by atoms with Gasteiger partial charge in [-0.15, -0.1) is 12.6 Å². The second-order valence-electron chi connectivity index (χ2n) is 1.94. The number of hydrogen-bond donors (Lipinski definition) is 1. The second kappa shape index (κ2) is 3.32. The second-order valence-corrected chi connectivity index (χ2v) is 2.83. The van der Waals surface area contributed by atoms with Gasteiger partial charge in [-0.1, -0.05) is 11.6 Å². The molecule has 0 N–H and O–H groups in total. The molecule has 0 aliphatic heterocycles. The summed E-state index contributed by atoms with van der Waals surface area (Å²) < 4.78 is 17.5. The predicted octanol–water partition coefficient (Wildman–Crippen LogP) is 2.78. The Labute approximate surface area is 74.5 Å². The van der Waals surface area contributed by atoms with Crippen LogP contribution >= 0.6 is 24.2 Å². The average molecular weight is 193 g/mol. The molecule has 0 fully saturated rings. The first-order valence-electron chi connectivity index (χ1n) is 2.87. The fourth-order valence-electron chi connectivity index (χ4n) is 0.675. The highest BCUT2D eigenvalue weighted by Crippen LogP contribution is 2.27.